The molecule has 0 fully saturated rings. The lowest BCUT2D eigenvalue weighted by Crippen LogP contribution is -2.14. The van der Waals surface area contributed by atoms with E-state index in [0.29, 0.717) is 15.7 Å². The molecule has 0 radical (unpaired) electrons. The number of anilines is 1. The molecule has 24 heavy (non-hydrogen) atoms. The maximum Gasteiger partial charge on any atom is 0.266 e. The fourth-order valence-corrected chi connectivity index (χ4v) is 2.52. The number of rotatable bonds is 4. The van der Waals surface area contributed by atoms with Gasteiger partial charge in [-0.1, -0.05) is 34.1 Å². The fourth-order valence-electron chi connectivity index (χ4n) is 2.07. The van der Waals surface area contributed by atoms with E-state index < -0.39 is 5.91 Å². The van der Waals surface area contributed by atoms with Crippen LogP contribution < -0.4 is 10.1 Å². The monoisotopic (exact) mass is 386 g/mol. The lowest BCUT2D eigenvalue weighted by molar-refractivity contribution is -0.112. The highest BCUT2D eigenvalue weighted by Crippen LogP contribution is 2.34. The van der Waals surface area contributed by atoms with Crippen molar-refractivity contribution in [3.8, 4) is 17.6 Å². The third kappa shape index (κ3) is 3.94. The number of phenolic OH excluding ortho intramolecular Hbond substituents is 1. The second kappa shape index (κ2) is 7.66. The molecule has 1 amide bonds. The summed E-state index contributed by atoms with van der Waals surface area (Å²) in [6, 6.07) is 12.3. The maximum atomic E-state index is 12.3. The third-order valence-electron chi connectivity index (χ3n) is 3.35. The fraction of sp³-hybridized carbons (Fsp3) is 0.111. The van der Waals surface area contributed by atoms with E-state index in [4.69, 9.17) is 4.74 Å². The first-order valence-electron chi connectivity index (χ1n) is 7.01. The quantitative estimate of drug-likeness (QED) is 0.613. The van der Waals surface area contributed by atoms with Gasteiger partial charge in [0, 0.05) is 15.7 Å². The minimum absolute atomic E-state index is 0.131. The topological polar surface area (TPSA) is 82.3 Å². The van der Waals surface area contributed by atoms with E-state index in [2.05, 4.69) is 21.2 Å². The molecule has 122 valence electrons. The van der Waals surface area contributed by atoms with Gasteiger partial charge in [0.15, 0.2) is 11.5 Å². The molecule has 0 aliphatic carbocycles. The van der Waals surface area contributed by atoms with Crippen LogP contribution in [-0.4, -0.2) is 18.1 Å². The van der Waals surface area contributed by atoms with Gasteiger partial charge >= 0.3 is 0 Å². The molecule has 5 nitrogen and oxygen atoms in total. The number of para-hydroxylation sites is 1. The molecule has 0 spiro atoms. The van der Waals surface area contributed by atoms with Crippen LogP contribution in [0.5, 0.6) is 11.5 Å². The highest BCUT2D eigenvalue weighted by Gasteiger charge is 2.14. The maximum absolute atomic E-state index is 12.3. The highest BCUT2D eigenvalue weighted by atomic mass is 79.9. The first kappa shape index (κ1) is 17.6. The molecule has 0 heterocycles. The van der Waals surface area contributed by atoms with E-state index >= 15 is 0 Å². The van der Waals surface area contributed by atoms with Crippen molar-refractivity contribution >= 4 is 33.6 Å². The van der Waals surface area contributed by atoms with Crippen molar-refractivity contribution in [2.75, 3.05) is 12.4 Å². The van der Waals surface area contributed by atoms with Crippen LogP contribution >= 0.6 is 15.9 Å². The number of benzene rings is 2. The summed E-state index contributed by atoms with van der Waals surface area (Å²) >= 11 is 3.30. The van der Waals surface area contributed by atoms with Crippen molar-refractivity contribution in [1.29, 1.82) is 5.26 Å². The van der Waals surface area contributed by atoms with Gasteiger partial charge in [0.25, 0.3) is 5.91 Å². The largest absolute Gasteiger partial charge is 0.504 e. The van der Waals surface area contributed by atoms with Crippen LogP contribution in [0.2, 0.25) is 0 Å². The van der Waals surface area contributed by atoms with E-state index in [9.17, 15) is 15.2 Å². The number of nitriles is 1. The molecule has 0 bridgehead atoms. The van der Waals surface area contributed by atoms with Crippen molar-refractivity contribution in [3.63, 3.8) is 0 Å². The number of amides is 1. The first-order valence-corrected chi connectivity index (χ1v) is 7.81. The van der Waals surface area contributed by atoms with E-state index in [-0.39, 0.29) is 17.1 Å². The van der Waals surface area contributed by atoms with Crippen molar-refractivity contribution < 1.29 is 14.6 Å². The van der Waals surface area contributed by atoms with Crippen LogP contribution in [0.3, 0.4) is 0 Å². The van der Waals surface area contributed by atoms with Crippen LogP contribution in [0.1, 0.15) is 11.1 Å². The Morgan fingerprint density at radius 1 is 1.38 bits per heavy atom. The minimum Gasteiger partial charge on any atom is -0.504 e. The Kier molecular flexibility index (Phi) is 5.61. The van der Waals surface area contributed by atoms with Crippen LogP contribution in [0, 0.1) is 18.3 Å². The average molecular weight is 387 g/mol. The second-order valence-corrected chi connectivity index (χ2v) is 5.90. The van der Waals surface area contributed by atoms with E-state index in [1.807, 2.05) is 25.1 Å². The number of nitrogens with one attached hydrogen (secondary N) is 1. The van der Waals surface area contributed by atoms with Gasteiger partial charge in [0.2, 0.25) is 0 Å². The molecule has 0 saturated heterocycles. The Balaban J connectivity index is 2.37. The Labute approximate surface area is 148 Å². The Bertz CT molecular complexity index is 854. The van der Waals surface area contributed by atoms with Crippen molar-refractivity contribution in [2.45, 2.75) is 6.92 Å². The van der Waals surface area contributed by atoms with Crippen molar-refractivity contribution in [2.24, 2.45) is 0 Å². The summed E-state index contributed by atoms with van der Waals surface area (Å²) in [5.41, 5.74) is 1.68. The Morgan fingerprint density at radius 2 is 2.08 bits per heavy atom. The van der Waals surface area contributed by atoms with Gasteiger partial charge < -0.3 is 15.2 Å². The average Bonchev–Trinajstić information content (AvgIpc) is 2.57. The van der Waals surface area contributed by atoms with E-state index in [1.165, 1.54) is 13.2 Å². The molecule has 2 rings (SSSR count). The number of methoxy groups -OCH3 is 1. The summed E-state index contributed by atoms with van der Waals surface area (Å²) < 4.78 is 5.71. The van der Waals surface area contributed by atoms with Crippen LogP contribution in [-0.2, 0) is 4.79 Å². The number of carbonyl (C=O) groups excluding carboxylic acids is 1. The van der Waals surface area contributed by atoms with E-state index in [0.717, 1.165) is 5.56 Å². The summed E-state index contributed by atoms with van der Waals surface area (Å²) in [4.78, 5) is 12.3. The smallest absolute Gasteiger partial charge is 0.266 e. The van der Waals surface area contributed by atoms with Gasteiger partial charge in [-0.25, -0.2) is 0 Å². The molecule has 2 aromatic rings. The lowest BCUT2D eigenvalue weighted by Gasteiger charge is -2.09. The van der Waals surface area contributed by atoms with Gasteiger partial charge in [-0.15, -0.1) is 0 Å². The number of phenols is 1. The molecule has 0 atom stereocenters. The Hall–Kier alpha value is -2.78. The highest BCUT2D eigenvalue weighted by molar-refractivity contribution is 9.10. The van der Waals surface area contributed by atoms with Gasteiger partial charge in [-0.3, -0.25) is 4.79 Å². The molecule has 2 aromatic carbocycles. The van der Waals surface area contributed by atoms with Crippen molar-refractivity contribution in [3.05, 3.63) is 57.6 Å². The number of nitrogens with zero attached hydrogens (tertiary/aromatic N) is 1. The van der Waals surface area contributed by atoms with Gasteiger partial charge in [-0.2, -0.15) is 5.26 Å². The van der Waals surface area contributed by atoms with Gasteiger partial charge in [0.05, 0.1) is 7.11 Å². The van der Waals surface area contributed by atoms with Gasteiger partial charge in [0.1, 0.15) is 11.6 Å². The zero-order valence-corrected chi connectivity index (χ0v) is 14.7. The number of aryl methyl sites for hydroxylation is 1. The summed E-state index contributed by atoms with van der Waals surface area (Å²) in [6.45, 7) is 1.86. The molecular weight excluding hydrogens is 372 g/mol. The summed E-state index contributed by atoms with van der Waals surface area (Å²) in [5, 5.41) is 22.1. The molecule has 0 unspecified atom stereocenters. The number of carbonyl (C=O) groups is 1. The minimum atomic E-state index is -0.551. The standard InChI is InChI=1S/C18H15BrN2O3/c1-11-5-3-4-6-15(11)21-18(23)13(10-20)7-12-8-14(19)9-16(24-2)17(12)22/h3-9,22H,1-2H3,(H,21,23)/b13-7+. The zero-order chi connectivity index (χ0) is 17.7. The third-order valence-corrected chi connectivity index (χ3v) is 3.81. The second-order valence-electron chi connectivity index (χ2n) is 4.98. The van der Waals surface area contributed by atoms with Crippen molar-refractivity contribution in [1.82, 2.24) is 0 Å². The number of hydrogen-bond donors (Lipinski definition) is 2. The lowest BCUT2D eigenvalue weighted by atomic mass is 10.1. The molecule has 6 heteroatoms. The number of halogens is 1. The van der Waals surface area contributed by atoms with Gasteiger partial charge in [-0.05, 0) is 36.8 Å². The van der Waals surface area contributed by atoms with Crippen LogP contribution in [0.15, 0.2) is 46.4 Å². The summed E-state index contributed by atoms with van der Waals surface area (Å²) in [6.07, 6.45) is 1.32. The SMILES string of the molecule is COc1cc(Br)cc(/C=C(\C#N)C(=O)Nc2ccccc2C)c1O. The van der Waals surface area contributed by atoms with E-state index in [1.54, 1.807) is 24.3 Å². The predicted octanol–water partition coefficient (Wildman–Crippen LogP) is 4.02. The summed E-state index contributed by atoms with van der Waals surface area (Å²) in [7, 11) is 1.42. The molecule has 2 N–H and O–H groups in total. The number of ether oxygens (including phenoxy) is 1. The molecular formula is C18H15BrN2O3. The normalized spacial score (nSPS) is 10.8. The number of hydrogen-bond acceptors (Lipinski definition) is 4. The zero-order valence-electron chi connectivity index (χ0n) is 13.1. The first-order chi connectivity index (χ1) is 11.5. The van der Waals surface area contributed by atoms with Crippen LogP contribution in [0.25, 0.3) is 6.08 Å². The Morgan fingerprint density at radius 3 is 2.71 bits per heavy atom. The molecule has 0 saturated carbocycles. The molecule has 0 aliphatic rings. The predicted molar refractivity (Wildman–Crippen MR) is 95.8 cm³/mol. The molecule has 0 aliphatic heterocycles. The summed E-state index contributed by atoms with van der Waals surface area (Å²) in [5.74, 6) is -0.450. The number of aromatic hydroxyl groups is 1. The van der Waals surface area contributed by atoms with Crippen LogP contribution in [0.4, 0.5) is 5.69 Å². The molecule has 0 aromatic heterocycles.